The van der Waals surface area contributed by atoms with Crippen molar-refractivity contribution in [3.05, 3.63) is 64.2 Å². The Labute approximate surface area is 169 Å². The molecule has 2 aromatic carbocycles. The second-order valence-electron chi connectivity index (χ2n) is 7.45. The number of carboxylic acids is 1. The van der Waals surface area contributed by atoms with Gasteiger partial charge in [-0.2, -0.15) is 0 Å². The highest BCUT2D eigenvalue weighted by atomic mass is 16.6. The topological polar surface area (TPSA) is 150 Å². The van der Waals surface area contributed by atoms with Crippen LogP contribution in [0, 0.1) is 22.0 Å². The lowest BCUT2D eigenvalue weighted by Gasteiger charge is -2.27. The molecule has 30 heavy (non-hydrogen) atoms. The monoisotopic (exact) mass is 411 g/mol. The maximum absolute atomic E-state index is 13.3. The van der Waals surface area contributed by atoms with Crippen molar-refractivity contribution in [1.82, 2.24) is 5.32 Å². The average molecular weight is 411 g/mol. The summed E-state index contributed by atoms with van der Waals surface area (Å²) in [5.74, 6) is -5.58. The van der Waals surface area contributed by atoms with Gasteiger partial charge in [-0.1, -0.05) is 30.3 Å². The smallest absolute Gasteiger partial charge is 0.324 e. The molecule has 2 aliphatic rings. The van der Waals surface area contributed by atoms with Crippen LogP contribution in [0.5, 0.6) is 5.75 Å². The number of amides is 2. The van der Waals surface area contributed by atoms with Crippen LogP contribution in [0.1, 0.15) is 18.5 Å². The number of hydrogen-bond donors (Lipinski definition) is 3. The number of benzene rings is 2. The van der Waals surface area contributed by atoms with E-state index in [9.17, 15) is 34.7 Å². The number of imide groups is 1. The van der Waals surface area contributed by atoms with Crippen LogP contribution in [0.3, 0.4) is 0 Å². The second kappa shape index (κ2) is 6.63. The molecule has 2 aliphatic heterocycles. The molecule has 0 aliphatic carbocycles. The molecule has 154 valence electrons. The number of carbonyl (C=O) groups excluding carboxylic acids is 2. The van der Waals surface area contributed by atoms with E-state index in [1.807, 2.05) is 0 Å². The van der Waals surface area contributed by atoms with Crippen LogP contribution >= 0.6 is 0 Å². The van der Waals surface area contributed by atoms with Crippen LogP contribution in [-0.2, 0) is 14.4 Å². The molecule has 2 heterocycles. The van der Waals surface area contributed by atoms with Crippen molar-refractivity contribution in [2.75, 3.05) is 4.90 Å². The molecule has 4 atom stereocenters. The lowest BCUT2D eigenvalue weighted by molar-refractivity contribution is -0.384. The van der Waals surface area contributed by atoms with E-state index in [4.69, 9.17) is 0 Å². The maximum atomic E-state index is 13.3. The van der Waals surface area contributed by atoms with Gasteiger partial charge in [0, 0.05) is 17.7 Å². The van der Waals surface area contributed by atoms with Crippen LogP contribution in [0.2, 0.25) is 0 Å². The largest absolute Gasteiger partial charge is 0.508 e. The van der Waals surface area contributed by atoms with Crippen LogP contribution < -0.4 is 10.2 Å². The number of anilines is 1. The van der Waals surface area contributed by atoms with E-state index in [-0.39, 0.29) is 17.0 Å². The molecule has 2 fully saturated rings. The van der Waals surface area contributed by atoms with Gasteiger partial charge < -0.3 is 10.2 Å². The number of phenolic OH excluding ortho intramolecular Hbond substituents is 1. The number of carbonyl (C=O) groups is 3. The Balaban J connectivity index is 1.88. The van der Waals surface area contributed by atoms with Crippen LogP contribution in [0.15, 0.2) is 48.5 Å². The van der Waals surface area contributed by atoms with Gasteiger partial charge in [0.15, 0.2) is 0 Å². The molecule has 2 aromatic rings. The predicted octanol–water partition coefficient (Wildman–Crippen LogP) is 1.59. The molecule has 10 nitrogen and oxygen atoms in total. The fourth-order valence-corrected chi connectivity index (χ4v) is 4.40. The van der Waals surface area contributed by atoms with Gasteiger partial charge in [0.25, 0.3) is 5.69 Å². The van der Waals surface area contributed by atoms with Gasteiger partial charge >= 0.3 is 5.97 Å². The molecule has 0 spiro atoms. The molecule has 0 unspecified atom stereocenters. The number of nitro benzene ring substituents is 1. The number of aromatic hydroxyl groups is 1. The molecular weight excluding hydrogens is 394 g/mol. The van der Waals surface area contributed by atoms with Crippen molar-refractivity contribution in [2.45, 2.75) is 18.5 Å². The fraction of sp³-hybridized carbons (Fsp3) is 0.250. The van der Waals surface area contributed by atoms with Crippen molar-refractivity contribution in [1.29, 1.82) is 0 Å². The molecule has 3 N–H and O–H groups in total. The number of phenols is 1. The molecule has 0 saturated carbocycles. The van der Waals surface area contributed by atoms with Gasteiger partial charge in [0.2, 0.25) is 11.8 Å². The van der Waals surface area contributed by atoms with Crippen molar-refractivity contribution in [3.63, 3.8) is 0 Å². The first-order valence-corrected chi connectivity index (χ1v) is 9.08. The first kappa shape index (κ1) is 19.5. The van der Waals surface area contributed by atoms with E-state index in [2.05, 4.69) is 5.32 Å². The van der Waals surface area contributed by atoms with Gasteiger partial charge in [0.05, 0.1) is 16.8 Å². The van der Waals surface area contributed by atoms with Crippen molar-refractivity contribution < 1.29 is 29.5 Å². The number of nitrogens with one attached hydrogen (secondary N) is 1. The zero-order valence-electron chi connectivity index (χ0n) is 15.7. The van der Waals surface area contributed by atoms with Crippen molar-refractivity contribution in [2.24, 2.45) is 11.8 Å². The van der Waals surface area contributed by atoms with E-state index < -0.39 is 51.8 Å². The van der Waals surface area contributed by atoms with Crippen LogP contribution in [-0.4, -0.2) is 38.5 Å². The van der Waals surface area contributed by atoms with Crippen molar-refractivity contribution >= 4 is 29.2 Å². The predicted molar refractivity (Wildman–Crippen MR) is 103 cm³/mol. The van der Waals surface area contributed by atoms with Gasteiger partial charge in [-0.25, -0.2) is 4.90 Å². The Morgan fingerprint density at radius 2 is 1.77 bits per heavy atom. The maximum Gasteiger partial charge on any atom is 0.324 e. The fourth-order valence-electron chi connectivity index (χ4n) is 4.40. The number of hydrogen-bond acceptors (Lipinski definition) is 7. The standard InChI is InChI=1S/C20H17N3O7/c1-20(19(27)28)15-14(16(21-20)10-6-2-5-9-13(10)24)17(25)22(18(15)26)11-7-3-4-8-12(11)23(29)30/h2-9,14-16,21,24H,1H3,(H,27,28)/t14-,15-,16-,20+/m1/s1. The molecule has 0 bridgehead atoms. The quantitative estimate of drug-likeness (QED) is 0.390. The van der Waals surface area contributed by atoms with Gasteiger partial charge in [-0.15, -0.1) is 0 Å². The highest BCUT2D eigenvalue weighted by Gasteiger charge is 2.67. The summed E-state index contributed by atoms with van der Waals surface area (Å²) in [7, 11) is 0. The summed E-state index contributed by atoms with van der Waals surface area (Å²) in [6.45, 7) is 1.29. The lowest BCUT2D eigenvalue weighted by atomic mass is 9.80. The molecule has 4 rings (SSSR count). The molecule has 0 radical (unpaired) electrons. The van der Waals surface area contributed by atoms with Gasteiger partial charge in [-0.05, 0) is 19.1 Å². The minimum Gasteiger partial charge on any atom is -0.508 e. The number of rotatable bonds is 4. The molecular formula is C20H17N3O7. The SMILES string of the molecule is C[C@]1(C(=O)O)N[C@H](c2ccccc2O)[C@@H]2C(=O)N(c3ccccc3[N+](=O)[O-])C(=O)[C@@H]21. The number of fused-ring (bicyclic) bond motifs is 1. The normalized spacial score (nSPS) is 27.9. The number of aliphatic carboxylic acids is 1. The third kappa shape index (κ3) is 2.57. The third-order valence-corrected chi connectivity index (χ3v) is 5.82. The number of para-hydroxylation sites is 3. The van der Waals surface area contributed by atoms with E-state index in [1.54, 1.807) is 12.1 Å². The third-order valence-electron chi connectivity index (χ3n) is 5.82. The number of nitro groups is 1. The Kier molecular flexibility index (Phi) is 4.31. The Morgan fingerprint density at radius 1 is 1.13 bits per heavy atom. The summed E-state index contributed by atoms with van der Waals surface area (Å²) < 4.78 is 0. The highest BCUT2D eigenvalue weighted by Crippen LogP contribution is 2.51. The zero-order valence-corrected chi connectivity index (χ0v) is 15.7. The second-order valence-corrected chi connectivity index (χ2v) is 7.45. The Bertz CT molecular complexity index is 1100. The minimum atomic E-state index is -1.82. The van der Waals surface area contributed by atoms with Gasteiger partial charge in [0.1, 0.15) is 17.0 Å². The summed E-state index contributed by atoms with van der Waals surface area (Å²) in [6.07, 6.45) is 0. The van der Waals surface area contributed by atoms with Crippen LogP contribution in [0.25, 0.3) is 0 Å². The minimum absolute atomic E-state index is 0.159. The summed E-state index contributed by atoms with van der Waals surface area (Å²) in [4.78, 5) is 50.1. The molecule has 0 aromatic heterocycles. The number of carboxylic acid groups (broad SMARTS) is 1. The summed E-state index contributed by atoms with van der Waals surface area (Å²) in [5.41, 5.74) is -2.20. The first-order valence-electron chi connectivity index (χ1n) is 9.08. The van der Waals surface area contributed by atoms with E-state index >= 15 is 0 Å². The summed E-state index contributed by atoms with van der Waals surface area (Å²) >= 11 is 0. The van der Waals surface area contributed by atoms with Crippen LogP contribution in [0.4, 0.5) is 11.4 Å². The molecule has 2 amide bonds. The van der Waals surface area contributed by atoms with E-state index in [0.717, 1.165) is 0 Å². The van der Waals surface area contributed by atoms with E-state index in [1.165, 1.54) is 43.3 Å². The Morgan fingerprint density at radius 3 is 2.40 bits per heavy atom. The lowest BCUT2D eigenvalue weighted by Crippen LogP contribution is -2.53. The molecule has 10 heteroatoms. The van der Waals surface area contributed by atoms with E-state index in [0.29, 0.717) is 4.90 Å². The average Bonchev–Trinajstić information content (AvgIpc) is 3.16. The number of nitrogens with zero attached hydrogens (tertiary/aromatic N) is 2. The van der Waals surface area contributed by atoms with Gasteiger partial charge in [-0.3, -0.25) is 29.8 Å². The Hall–Kier alpha value is -3.79. The zero-order chi connectivity index (χ0) is 21.8. The van der Waals surface area contributed by atoms with Crippen molar-refractivity contribution in [3.8, 4) is 5.75 Å². The summed E-state index contributed by atoms with van der Waals surface area (Å²) in [5, 5.41) is 34.4. The first-order chi connectivity index (χ1) is 14.2. The highest BCUT2D eigenvalue weighted by molar-refractivity contribution is 6.25. The molecule has 2 saturated heterocycles. The summed E-state index contributed by atoms with van der Waals surface area (Å²) in [6, 6.07) is 10.4.